The van der Waals surface area contributed by atoms with Gasteiger partial charge in [-0.05, 0) is 63.9 Å². The summed E-state index contributed by atoms with van der Waals surface area (Å²) < 4.78 is 46.7. The van der Waals surface area contributed by atoms with Crippen molar-refractivity contribution < 1.29 is 27.5 Å². The first kappa shape index (κ1) is 27.8. The Kier molecular flexibility index (Phi) is 8.35. The number of aromatic nitrogens is 1. The van der Waals surface area contributed by atoms with Crippen LogP contribution in [0.15, 0.2) is 60.7 Å². The van der Waals surface area contributed by atoms with Crippen LogP contribution < -0.4 is 5.32 Å². The van der Waals surface area contributed by atoms with Crippen molar-refractivity contribution in [3.05, 3.63) is 77.5 Å². The van der Waals surface area contributed by atoms with Crippen LogP contribution in [0.4, 0.5) is 23.7 Å². The maximum absolute atomic E-state index is 13.1. The van der Waals surface area contributed by atoms with Crippen LogP contribution >= 0.6 is 0 Å². The molecule has 0 aliphatic rings. The minimum atomic E-state index is -4.51. The maximum Gasteiger partial charge on any atom is 0.416 e. The third-order valence-electron chi connectivity index (χ3n) is 5.71. The molecule has 0 saturated heterocycles. The zero-order valence-corrected chi connectivity index (χ0v) is 21.6. The number of nitrogens with zero attached hydrogens (tertiary/aromatic N) is 2. The minimum absolute atomic E-state index is 0.0622. The summed E-state index contributed by atoms with van der Waals surface area (Å²) in [6.07, 6.45) is -4.33. The lowest BCUT2D eigenvalue weighted by molar-refractivity contribution is -0.137. The molecule has 0 radical (unpaired) electrons. The average molecular weight is 516 g/mol. The zero-order valence-electron chi connectivity index (χ0n) is 21.6. The summed E-state index contributed by atoms with van der Waals surface area (Å²) in [6, 6.07) is 15.8. The maximum atomic E-state index is 13.1. The van der Waals surface area contributed by atoms with E-state index >= 15 is 0 Å². The summed E-state index contributed by atoms with van der Waals surface area (Å²) in [4.78, 5) is 26.9. The van der Waals surface area contributed by atoms with Gasteiger partial charge >= 0.3 is 12.3 Å². The molecule has 0 atom stereocenters. The highest BCUT2D eigenvalue weighted by molar-refractivity contribution is 6.06. The van der Waals surface area contributed by atoms with Crippen molar-refractivity contribution in [2.45, 2.75) is 52.4 Å². The van der Waals surface area contributed by atoms with E-state index in [0.717, 1.165) is 23.4 Å². The Morgan fingerprint density at radius 2 is 1.68 bits per heavy atom. The molecule has 1 heterocycles. The van der Waals surface area contributed by atoms with E-state index in [1.165, 1.54) is 17.0 Å². The van der Waals surface area contributed by atoms with E-state index in [1.54, 1.807) is 40.8 Å². The van der Waals surface area contributed by atoms with E-state index in [-0.39, 0.29) is 5.69 Å². The van der Waals surface area contributed by atoms with Gasteiger partial charge in [0.2, 0.25) is 0 Å². The molecular formula is C28H32F3N3O3. The van der Waals surface area contributed by atoms with Crippen molar-refractivity contribution in [2.75, 3.05) is 18.9 Å². The molecule has 2 amide bonds. The van der Waals surface area contributed by atoms with Gasteiger partial charge in [-0.15, -0.1) is 0 Å². The molecule has 0 fully saturated rings. The number of carbonyl (C=O) groups excluding carboxylic acids is 2. The van der Waals surface area contributed by atoms with Gasteiger partial charge in [0.05, 0.1) is 11.1 Å². The molecule has 37 heavy (non-hydrogen) atoms. The van der Waals surface area contributed by atoms with Crippen LogP contribution in [0, 0.1) is 6.92 Å². The summed E-state index contributed by atoms with van der Waals surface area (Å²) in [5.74, 6) is -0.501. The molecule has 1 N–H and O–H groups in total. The van der Waals surface area contributed by atoms with Crippen molar-refractivity contribution in [2.24, 2.45) is 0 Å². The first-order valence-corrected chi connectivity index (χ1v) is 11.9. The number of anilines is 1. The van der Waals surface area contributed by atoms with Gasteiger partial charge in [0.1, 0.15) is 5.60 Å². The number of halogens is 3. The molecule has 0 bridgehead atoms. The van der Waals surface area contributed by atoms with Crippen molar-refractivity contribution in [1.82, 2.24) is 9.47 Å². The number of hydrogen-bond acceptors (Lipinski definition) is 3. The first-order chi connectivity index (χ1) is 17.3. The second kappa shape index (κ2) is 11.1. The molecule has 3 aromatic rings. The number of rotatable bonds is 7. The van der Waals surface area contributed by atoms with Gasteiger partial charge in [0, 0.05) is 37.2 Å². The lowest BCUT2D eigenvalue weighted by atomic mass is 10.1. The SMILES string of the molecule is Cc1c(C(=O)Nc2cccc(C(F)(F)F)c2)cc(-c2ccccc2)n1CCCN(C)C(=O)OC(C)(C)C. The van der Waals surface area contributed by atoms with Crippen molar-refractivity contribution in [1.29, 1.82) is 0 Å². The highest BCUT2D eigenvalue weighted by atomic mass is 19.4. The van der Waals surface area contributed by atoms with Gasteiger partial charge in [-0.1, -0.05) is 36.4 Å². The predicted octanol–water partition coefficient (Wildman–Crippen LogP) is 6.99. The van der Waals surface area contributed by atoms with E-state index in [1.807, 2.05) is 34.9 Å². The van der Waals surface area contributed by atoms with Gasteiger partial charge in [0.15, 0.2) is 0 Å². The Morgan fingerprint density at radius 1 is 1.00 bits per heavy atom. The number of ether oxygens (including phenoxy) is 1. The smallest absolute Gasteiger partial charge is 0.416 e. The van der Waals surface area contributed by atoms with Crippen LogP contribution in [-0.2, 0) is 17.5 Å². The topological polar surface area (TPSA) is 63.6 Å². The van der Waals surface area contributed by atoms with E-state index in [4.69, 9.17) is 4.74 Å². The summed E-state index contributed by atoms with van der Waals surface area (Å²) >= 11 is 0. The molecule has 0 spiro atoms. The monoisotopic (exact) mass is 515 g/mol. The van der Waals surface area contributed by atoms with Crippen LogP contribution in [0.25, 0.3) is 11.3 Å². The summed E-state index contributed by atoms with van der Waals surface area (Å²) in [6.45, 7) is 8.16. The average Bonchev–Trinajstić information content (AvgIpc) is 3.14. The van der Waals surface area contributed by atoms with Crippen LogP contribution in [0.3, 0.4) is 0 Å². The van der Waals surface area contributed by atoms with Crippen LogP contribution in [0.2, 0.25) is 0 Å². The fraction of sp³-hybridized carbons (Fsp3) is 0.357. The molecule has 0 aliphatic carbocycles. The Labute approximate surface area is 215 Å². The molecular weight excluding hydrogens is 483 g/mol. The summed E-state index contributed by atoms with van der Waals surface area (Å²) in [7, 11) is 1.67. The van der Waals surface area contributed by atoms with E-state index in [2.05, 4.69) is 5.32 Å². The Bertz CT molecular complexity index is 1250. The van der Waals surface area contributed by atoms with Crippen molar-refractivity contribution >= 4 is 17.7 Å². The Balaban J connectivity index is 1.83. The molecule has 0 aliphatic heterocycles. The number of benzene rings is 2. The fourth-order valence-electron chi connectivity index (χ4n) is 3.88. The lowest BCUT2D eigenvalue weighted by Crippen LogP contribution is -2.35. The Hall–Kier alpha value is -3.75. The molecule has 2 aromatic carbocycles. The summed E-state index contributed by atoms with van der Waals surface area (Å²) in [5, 5.41) is 2.59. The highest BCUT2D eigenvalue weighted by Crippen LogP contribution is 2.31. The highest BCUT2D eigenvalue weighted by Gasteiger charge is 2.30. The third-order valence-corrected chi connectivity index (χ3v) is 5.71. The van der Waals surface area contributed by atoms with Gasteiger partial charge < -0.3 is 19.5 Å². The standard InChI is InChI=1S/C28H32F3N3O3/c1-19-23(25(35)32-22-14-9-13-21(17-22)28(29,30)31)18-24(20-11-7-6-8-12-20)34(19)16-10-15-33(5)26(36)37-27(2,3)4/h6-9,11-14,17-18H,10,15-16H2,1-5H3,(H,32,35). The van der Waals surface area contributed by atoms with Crippen LogP contribution in [0.1, 0.15) is 48.8 Å². The van der Waals surface area contributed by atoms with Crippen molar-refractivity contribution in [3.8, 4) is 11.3 Å². The number of amides is 2. The molecule has 0 unspecified atom stereocenters. The van der Waals surface area contributed by atoms with Crippen LogP contribution in [-0.4, -0.2) is 40.7 Å². The molecule has 0 saturated carbocycles. The molecule has 6 nitrogen and oxygen atoms in total. The van der Waals surface area contributed by atoms with Gasteiger partial charge in [-0.2, -0.15) is 13.2 Å². The molecule has 198 valence electrons. The molecule has 1 aromatic heterocycles. The van der Waals surface area contributed by atoms with Crippen LogP contribution in [0.5, 0.6) is 0 Å². The van der Waals surface area contributed by atoms with Crippen molar-refractivity contribution in [3.63, 3.8) is 0 Å². The Morgan fingerprint density at radius 3 is 2.30 bits per heavy atom. The fourth-order valence-corrected chi connectivity index (χ4v) is 3.88. The number of carbonyl (C=O) groups is 2. The first-order valence-electron chi connectivity index (χ1n) is 11.9. The normalized spacial score (nSPS) is 11.8. The minimum Gasteiger partial charge on any atom is -0.444 e. The zero-order chi connectivity index (χ0) is 27.4. The largest absolute Gasteiger partial charge is 0.444 e. The van der Waals surface area contributed by atoms with Gasteiger partial charge in [-0.3, -0.25) is 4.79 Å². The summed E-state index contributed by atoms with van der Waals surface area (Å²) in [5.41, 5.74) is 1.35. The quantitative estimate of drug-likeness (QED) is 0.369. The van der Waals surface area contributed by atoms with Gasteiger partial charge in [-0.25, -0.2) is 4.79 Å². The van der Waals surface area contributed by atoms with E-state index in [9.17, 15) is 22.8 Å². The predicted molar refractivity (Wildman–Crippen MR) is 137 cm³/mol. The number of alkyl halides is 3. The third kappa shape index (κ3) is 7.38. The second-order valence-electron chi connectivity index (χ2n) is 9.83. The second-order valence-corrected chi connectivity index (χ2v) is 9.83. The molecule has 9 heteroatoms. The number of nitrogens with one attached hydrogen (secondary N) is 1. The van der Waals surface area contributed by atoms with E-state index < -0.39 is 29.3 Å². The van der Waals surface area contributed by atoms with E-state index in [0.29, 0.717) is 30.8 Å². The molecule has 3 rings (SSSR count). The number of hydrogen-bond donors (Lipinski definition) is 1. The van der Waals surface area contributed by atoms with Gasteiger partial charge in [0.25, 0.3) is 5.91 Å². The lowest BCUT2D eigenvalue weighted by Gasteiger charge is -2.24.